The highest BCUT2D eigenvalue weighted by Gasteiger charge is 2.50. The molecule has 0 aliphatic carbocycles. The van der Waals surface area contributed by atoms with Crippen LogP contribution in [0.4, 0.5) is 4.39 Å². The van der Waals surface area contributed by atoms with Crippen molar-refractivity contribution in [3.05, 3.63) is 95.3 Å². The summed E-state index contributed by atoms with van der Waals surface area (Å²) in [7, 11) is 0. The van der Waals surface area contributed by atoms with Crippen LogP contribution in [-0.4, -0.2) is 30.1 Å². The van der Waals surface area contributed by atoms with Crippen LogP contribution >= 0.6 is 0 Å². The fourth-order valence-corrected chi connectivity index (χ4v) is 4.93. The molecule has 3 aromatic rings. The Morgan fingerprint density at radius 2 is 1.64 bits per heavy atom. The van der Waals surface area contributed by atoms with Gasteiger partial charge in [0, 0.05) is 37.6 Å². The fourth-order valence-electron chi connectivity index (χ4n) is 4.93. The summed E-state index contributed by atoms with van der Waals surface area (Å²) in [5, 5.41) is 3.54. The Morgan fingerprint density at radius 3 is 2.36 bits per heavy atom. The number of piperidine rings is 1. The number of hydrogen-bond donors (Lipinski definition) is 1. The highest BCUT2D eigenvalue weighted by molar-refractivity contribution is 5.64. The Bertz CT molecular complexity index is 970. The van der Waals surface area contributed by atoms with Crippen LogP contribution < -0.4 is 5.32 Å². The van der Waals surface area contributed by atoms with Gasteiger partial charge in [-0.1, -0.05) is 66.2 Å². The molecule has 142 valence electrons. The van der Waals surface area contributed by atoms with Gasteiger partial charge in [0.2, 0.25) is 0 Å². The van der Waals surface area contributed by atoms with Gasteiger partial charge in [-0.05, 0) is 41.3 Å². The lowest BCUT2D eigenvalue weighted by Gasteiger charge is -2.59. The zero-order chi connectivity index (χ0) is 19.1. The van der Waals surface area contributed by atoms with E-state index < -0.39 is 0 Å². The van der Waals surface area contributed by atoms with Crippen molar-refractivity contribution in [3.8, 4) is 11.1 Å². The lowest BCUT2D eigenvalue weighted by molar-refractivity contribution is -0.0483. The normalized spacial score (nSPS) is 24.0. The molecule has 2 heterocycles. The highest BCUT2D eigenvalue weighted by Crippen LogP contribution is 2.43. The molecule has 0 aromatic heterocycles. The Balaban J connectivity index is 1.34. The molecule has 0 radical (unpaired) electrons. The predicted octanol–water partition coefficient (Wildman–Crippen LogP) is 4.74. The molecule has 1 unspecified atom stereocenters. The number of fused-ring (bicyclic) bond motifs is 2. The third kappa shape index (κ3) is 3.15. The number of hydrogen-bond acceptors (Lipinski definition) is 2. The Morgan fingerprint density at radius 1 is 0.893 bits per heavy atom. The molecule has 1 N–H and O–H groups in total. The van der Waals surface area contributed by atoms with Gasteiger partial charge in [-0.15, -0.1) is 0 Å². The molecule has 5 rings (SSSR count). The van der Waals surface area contributed by atoms with Crippen LogP contribution in [-0.2, 0) is 6.54 Å². The van der Waals surface area contributed by atoms with Crippen molar-refractivity contribution in [3.63, 3.8) is 0 Å². The molecule has 28 heavy (non-hydrogen) atoms. The smallest absolute Gasteiger partial charge is 0.123 e. The van der Waals surface area contributed by atoms with Crippen molar-refractivity contribution in [1.29, 1.82) is 0 Å². The maximum atomic E-state index is 13.5. The van der Waals surface area contributed by atoms with E-state index in [1.807, 2.05) is 6.07 Å². The van der Waals surface area contributed by atoms with Gasteiger partial charge in [0.15, 0.2) is 0 Å². The van der Waals surface area contributed by atoms with Gasteiger partial charge in [0.25, 0.3) is 0 Å². The molecule has 3 atom stereocenters. The summed E-state index contributed by atoms with van der Waals surface area (Å²) in [6.45, 7) is 4.95. The number of aryl methyl sites for hydroxylation is 1. The number of likely N-dealkylation sites (tertiary alicyclic amines) is 1. The van der Waals surface area contributed by atoms with Crippen LogP contribution in [0.1, 0.15) is 22.6 Å². The van der Waals surface area contributed by atoms with Gasteiger partial charge in [-0.3, -0.25) is 4.90 Å². The second-order valence-corrected chi connectivity index (χ2v) is 8.11. The molecule has 2 aliphatic rings. The van der Waals surface area contributed by atoms with Crippen molar-refractivity contribution < 1.29 is 4.39 Å². The lowest BCUT2D eigenvalue weighted by Crippen LogP contribution is -2.72. The lowest BCUT2D eigenvalue weighted by atomic mass is 9.72. The minimum Gasteiger partial charge on any atom is -0.314 e. The van der Waals surface area contributed by atoms with E-state index in [0.29, 0.717) is 18.0 Å². The van der Waals surface area contributed by atoms with Crippen molar-refractivity contribution in [2.45, 2.75) is 31.5 Å². The largest absolute Gasteiger partial charge is 0.314 e. The van der Waals surface area contributed by atoms with Crippen molar-refractivity contribution in [1.82, 2.24) is 10.2 Å². The van der Waals surface area contributed by atoms with Gasteiger partial charge >= 0.3 is 0 Å². The first-order chi connectivity index (χ1) is 13.7. The number of piperazine rings is 1. The van der Waals surface area contributed by atoms with Gasteiger partial charge in [-0.2, -0.15) is 0 Å². The molecule has 2 bridgehead atoms. The van der Waals surface area contributed by atoms with Crippen molar-refractivity contribution >= 4 is 0 Å². The number of nitrogens with one attached hydrogen (secondary N) is 1. The SMILES string of the molecule is Cc1cccc(-c2ccc(C3[C@H]4CNC[C@@H]3N4Cc3cccc(F)c3)cc2)c1. The quantitative estimate of drug-likeness (QED) is 0.712. The van der Waals surface area contributed by atoms with E-state index in [4.69, 9.17) is 0 Å². The third-order valence-corrected chi connectivity index (χ3v) is 6.29. The second-order valence-electron chi connectivity index (χ2n) is 8.11. The number of nitrogens with zero attached hydrogens (tertiary/aromatic N) is 1. The summed E-state index contributed by atoms with van der Waals surface area (Å²) >= 11 is 0. The minimum atomic E-state index is -0.149. The molecule has 2 saturated heterocycles. The highest BCUT2D eigenvalue weighted by atomic mass is 19.1. The predicted molar refractivity (Wildman–Crippen MR) is 112 cm³/mol. The van der Waals surface area contributed by atoms with Gasteiger partial charge in [0.1, 0.15) is 5.82 Å². The second kappa shape index (κ2) is 7.16. The Labute approximate surface area is 166 Å². The first-order valence-electron chi connectivity index (χ1n) is 10.1. The van der Waals surface area contributed by atoms with Crippen LogP contribution in [0.5, 0.6) is 0 Å². The monoisotopic (exact) mass is 372 g/mol. The maximum absolute atomic E-state index is 13.5. The first kappa shape index (κ1) is 17.6. The molecule has 0 spiro atoms. The Kier molecular flexibility index (Phi) is 4.50. The number of halogens is 1. The molecular weight excluding hydrogens is 347 g/mol. The molecule has 2 nitrogen and oxygen atoms in total. The molecule has 0 amide bonds. The van der Waals surface area contributed by atoms with Crippen LogP contribution in [0.15, 0.2) is 72.8 Å². The first-order valence-corrected chi connectivity index (χ1v) is 10.1. The van der Waals surface area contributed by atoms with E-state index in [2.05, 4.69) is 65.7 Å². The molecule has 0 saturated carbocycles. The summed E-state index contributed by atoms with van der Waals surface area (Å²) in [4.78, 5) is 2.53. The average molecular weight is 372 g/mol. The van der Waals surface area contributed by atoms with Gasteiger partial charge < -0.3 is 5.32 Å². The number of benzene rings is 3. The zero-order valence-electron chi connectivity index (χ0n) is 16.1. The number of rotatable bonds is 4. The third-order valence-electron chi connectivity index (χ3n) is 6.29. The van der Waals surface area contributed by atoms with Crippen LogP contribution in [0.3, 0.4) is 0 Å². The topological polar surface area (TPSA) is 15.3 Å². The van der Waals surface area contributed by atoms with Crippen LogP contribution in [0, 0.1) is 12.7 Å². The van der Waals surface area contributed by atoms with E-state index >= 15 is 0 Å². The molecule has 3 aromatic carbocycles. The summed E-state index contributed by atoms with van der Waals surface area (Å²) in [6.07, 6.45) is 0. The maximum Gasteiger partial charge on any atom is 0.123 e. The van der Waals surface area contributed by atoms with Crippen molar-refractivity contribution in [2.24, 2.45) is 0 Å². The van der Waals surface area contributed by atoms with E-state index in [9.17, 15) is 4.39 Å². The van der Waals surface area contributed by atoms with E-state index in [0.717, 1.165) is 25.2 Å². The van der Waals surface area contributed by atoms with Crippen LogP contribution in [0.25, 0.3) is 11.1 Å². The van der Waals surface area contributed by atoms with Crippen LogP contribution in [0.2, 0.25) is 0 Å². The summed E-state index contributed by atoms with van der Waals surface area (Å²) < 4.78 is 13.5. The summed E-state index contributed by atoms with van der Waals surface area (Å²) in [5.74, 6) is 0.408. The minimum absolute atomic E-state index is 0.149. The van der Waals surface area contributed by atoms with E-state index in [1.165, 1.54) is 28.3 Å². The van der Waals surface area contributed by atoms with Crippen molar-refractivity contribution in [2.75, 3.05) is 13.1 Å². The summed E-state index contributed by atoms with van der Waals surface area (Å²) in [5.41, 5.74) is 6.31. The molecule has 2 fully saturated rings. The molecular formula is C25H25FN2. The molecule has 2 aliphatic heterocycles. The standard InChI is InChI=1S/C25H25FN2/c1-17-4-2-6-21(12-17)19-8-10-20(11-9-19)25-23-14-27-15-24(25)28(23)16-18-5-3-7-22(26)13-18/h2-13,23-25,27H,14-16H2,1H3/t23-,24+,25?. The van der Waals surface area contributed by atoms with Gasteiger partial charge in [-0.25, -0.2) is 4.39 Å². The van der Waals surface area contributed by atoms with E-state index in [1.54, 1.807) is 12.1 Å². The Hall–Kier alpha value is -2.49. The molecule has 3 heteroatoms. The summed E-state index contributed by atoms with van der Waals surface area (Å²) in [6, 6.07) is 25.7. The fraction of sp³-hybridized carbons (Fsp3) is 0.280. The van der Waals surface area contributed by atoms with E-state index in [-0.39, 0.29) is 5.82 Å². The van der Waals surface area contributed by atoms with Gasteiger partial charge in [0.05, 0.1) is 0 Å². The zero-order valence-corrected chi connectivity index (χ0v) is 16.1. The average Bonchev–Trinajstić information content (AvgIpc) is 2.72.